The predicted octanol–water partition coefficient (Wildman–Crippen LogP) is 1.48. The Morgan fingerprint density at radius 1 is 1.67 bits per heavy atom. The minimum absolute atomic E-state index is 0.281. The van der Waals surface area contributed by atoms with Crippen LogP contribution in [0.4, 0.5) is 0 Å². The van der Waals surface area contributed by atoms with Crippen LogP contribution in [-0.2, 0) is 17.6 Å². The predicted molar refractivity (Wildman–Crippen MR) is 77.2 cm³/mol. The summed E-state index contributed by atoms with van der Waals surface area (Å²) in [7, 11) is 0. The van der Waals surface area contributed by atoms with Crippen LogP contribution in [0.1, 0.15) is 24.0 Å². The van der Waals surface area contributed by atoms with Gasteiger partial charge in [-0.3, -0.25) is 4.79 Å². The van der Waals surface area contributed by atoms with Gasteiger partial charge in [-0.05, 0) is 24.9 Å². The first-order chi connectivity index (χ1) is 8.67. The summed E-state index contributed by atoms with van der Waals surface area (Å²) >= 11 is 3.24. The standard InChI is InChI=1S/C12H20N2O2S2/c1-3-9-8-18-11(14-9)4-6-13-12(16)10(15)5-7-17-2/h8,10,15H,3-7H2,1-2H3,(H,13,16). The second kappa shape index (κ2) is 8.50. The fourth-order valence-electron chi connectivity index (χ4n) is 1.40. The van der Waals surface area contributed by atoms with Crippen molar-refractivity contribution in [3.05, 3.63) is 16.1 Å². The molecule has 0 spiro atoms. The van der Waals surface area contributed by atoms with Gasteiger partial charge in [0.25, 0.3) is 0 Å². The quantitative estimate of drug-likeness (QED) is 0.760. The highest BCUT2D eigenvalue weighted by Crippen LogP contribution is 2.10. The summed E-state index contributed by atoms with van der Waals surface area (Å²) in [6.07, 6.45) is 3.24. The van der Waals surface area contributed by atoms with E-state index in [1.807, 2.05) is 11.6 Å². The third-order valence-electron chi connectivity index (χ3n) is 2.50. The number of aromatic nitrogens is 1. The maximum atomic E-state index is 11.5. The fourth-order valence-corrected chi connectivity index (χ4v) is 2.74. The SMILES string of the molecule is CCc1csc(CCNC(=O)C(O)CCSC)n1. The lowest BCUT2D eigenvalue weighted by Gasteiger charge is -2.09. The van der Waals surface area contributed by atoms with Crippen molar-refractivity contribution in [3.63, 3.8) is 0 Å². The summed E-state index contributed by atoms with van der Waals surface area (Å²) in [5, 5.41) is 15.4. The van der Waals surface area contributed by atoms with E-state index in [9.17, 15) is 9.90 Å². The van der Waals surface area contributed by atoms with Gasteiger partial charge in [0, 0.05) is 18.3 Å². The number of nitrogens with zero attached hydrogens (tertiary/aromatic N) is 1. The third-order valence-corrected chi connectivity index (χ3v) is 4.10. The molecule has 0 saturated carbocycles. The monoisotopic (exact) mass is 288 g/mol. The van der Waals surface area contributed by atoms with Gasteiger partial charge in [-0.1, -0.05) is 6.92 Å². The molecule has 2 N–H and O–H groups in total. The van der Waals surface area contributed by atoms with Gasteiger partial charge in [-0.25, -0.2) is 4.98 Å². The molecule has 1 aromatic rings. The Kier molecular flexibility index (Phi) is 7.31. The number of hydrogen-bond donors (Lipinski definition) is 2. The molecule has 4 nitrogen and oxygen atoms in total. The summed E-state index contributed by atoms with van der Waals surface area (Å²) in [5.74, 6) is 0.511. The van der Waals surface area contributed by atoms with Crippen molar-refractivity contribution in [1.82, 2.24) is 10.3 Å². The Labute approximate surface area is 116 Å². The number of aliphatic hydroxyl groups is 1. The number of hydrogen-bond acceptors (Lipinski definition) is 5. The van der Waals surface area contributed by atoms with E-state index in [0.717, 1.165) is 29.3 Å². The van der Waals surface area contributed by atoms with Crippen LogP contribution in [0.3, 0.4) is 0 Å². The molecule has 0 fully saturated rings. The zero-order chi connectivity index (χ0) is 13.4. The molecule has 1 rings (SSSR count). The van der Waals surface area contributed by atoms with E-state index < -0.39 is 6.10 Å². The summed E-state index contributed by atoms with van der Waals surface area (Å²) in [5.41, 5.74) is 1.10. The third kappa shape index (κ3) is 5.37. The molecule has 1 atom stereocenters. The molecule has 0 bridgehead atoms. The van der Waals surface area contributed by atoms with E-state index in [4.69, 9.17) is 0 Å². The van der Waals surface area contributed by atoms with Gasteiger partial charge in [-0.2, -0.15) is 11.8 Å². The minimum Gasteiger partial charge on any atom is -0.383 e. The van der Waals surface area contributed by atoms with Crippen LogP contribution < -0.4 is 5.32 Å². The number of rotatable bonds is 8. The van der Waals surface area contributed by atoms with Crippen molar-refractivity contribution in [1.29, 1.82) is 0 Å². The van der Waals surface area contributed by atoms with E-state index in [0.29, 0.717) is 13.0 Å². The summed E-state index contributed by atoms with van der Waals surface area (Å²) in [4.78, 5) is 15.9. The molecule has 1 amide bonds. The molecule has 6 heteroatoms. The lowest BCUT2D eigenvalue weighted by molar-refractivity contribution is -0.129. The molecular weight excluding hydrogens is 268 g/mol. The number of carbonyl (C=O) groups excluding carboxylic acids is 1. The highest BCUT2D eigenvalue weighted by atomic mass is 32.2. The molecule has 1 unspecified atom stereocenters. The first-order valence-electron chi connectivity index (χ1n) is 6.05. The molecule has 0 radical (unpaired) electrons. The average molecular weight is 288 g/mol. The first kappa shape index (κ1) is 15.5. The van der Waals surface area contributed by atoms with Crippen molar-refractivity contribution < 1.29 is 9.90 Å². The van der Waals surface area contributed by atoms with Crippen LogP contribution in [-0.4, -0.2) is 40.7 Å². The zero-order valence-electron chi connectivity index (χ0n) is 10.8. The van der Waals surface area contributed by atoms with Crippen molar-refractivity contribution in [2.75, 3.05) is 18.6 Å². The van der Waals surface area contributed by atoms with E-state index in [1.165, 1.54) is 0 Å². The molecule has 102 valence electrons. The molecular formula is C12H20N2O2S2. The van der Waals surface area contributed by atoms with Crippen molar-refractivity contribution in [2.24, 2.45) is 0 Å². The Hall–Kier alpha value is -0.590. The Morgan fingerprint density at radius 2 is 2.44 bits per heavy atom. The lowest BCUT2D eigenvalue weighted by Crippen LogP contribution is -2.36. The van der Waals surface area contributed by atoms with Gasteiger partial charge in [0.1, 0.15) is 6.10 Å². The summed E-state index contributed by atoms with van der Waals surface area (Å²) < 4.78 is 0. The Morgan fingerprint density at radius 3 is 3.06 bits per heavy atom. The van der Waals surface area contributed by atoms with Crippen LogP contribution in [0, 0.1) is 0 Å². The zero-order valence-corrected chi connectivity index (χ0v) is 12.4. The number of aryl methyl sites for hydroxylation is 1. The maximum Gasteiger partial charge on any atom is 0.248 e. The normalized spacial score (nSPS) is 12.4. The minimum atomic E-state index is -0.889. The second-order valence-corrected chi connectivity index (χ2v) is 5.85. The summed E-state index contributed by atoms with van der Waals surface area (Å²) in [6, 6.07) is 0. The molecule has 0 aromatic carbocycles. The molecule has 1 heterocycles. The molecule has 0 aliphatic rings. The van der Waals surface area contributed by atoms with E-state index in [1.54, 1.807) is 23.1 Å². The van der Waals surface area contributed by atoms with Gasteiger partial charge in [0.2, 0.25) is 5.91 Å². The van der Waals surface area contributed by atoms with Crippen LogP contribution in [0.5, 0.6) is 0 Å². The van der Waals surface area contributed by atoms with Crippen molar-refractivity contribution in [2.45, 2.75) is 32.3 Å². The van der Waals surface area contributed by atoms with E-state index in [2.05, 4.69) is 17.2 Å². The number of thioether (sulfide) groups is 1. The summed E-state index contributed by atoms with van der Waals surface area (Å²) in [6.45, 7) is 2.61. The van der Waals surface area contributed by atoms with Gasteiger partial charge < -0.3 is 10.4 Å². The Balaban J connectivity index is 2.22. The van der Waals surface area contributed by atoms with Crippen molar-refractivity contribution in [3.8, 4) is 0 Å². The topological polar surface area (TPSA) is 62.2 Å². The molecule has 0 aliphatic carbocycles. The number of amides is 1. The number of carbonyl (C=O) groups is 1. The van der Waals surface area contributed by atoms with Crippen LogP contribution >= 0.6 is 23.1 Å². The molecule has 18 heavy (non-hydrogen) atoms. The first-order valence-corrected chi connectivity index (χ1v) is 8.32. The fraction of sp³-hybridized carbons (Fsp3) is 0.667. The molecule has 1 aromatic heterocycles. The van der Waals surface area contributed by atoms with Gasteiger partial charge in [0.15, 0.2) is 0 Å². The van der Waals surface area contributed by atoms with Gasteiger partial charge in [-0.15, -0.1) is 11.3 Å². The number of aliphatic hydroxyl groups excluding tert-OH is 1. The van der Waals surface area contributed by atoms with Gasteiger partial charge in [0.05, 0.1) is 10.7 Å². The number of nitrogens with one attached hydrogen (secondary N) is 1. The van der Waals surface area contributed by atoms with Crippen LogP contribution in [0.25, 0.3) is 0 Å². The smallest absolute Gasteiger partial charge is 0.248 e. The van der Waals surface area contributed by atoms with Crippen molar-refractivity contribution >= 4 is 29.0 Å². The van der Waals surface area contributed by atoms with E-state index >= 15 is 0 Å². The molecule has 0 saturated heterocycles. The highest BCUT2D eigenvalue weighted by molar-refractivity contribution is 7.98. The van der Waals surface area contributed by atoms with E-state index in [-0.39, 0.29) is 5.91 Å². The largest absolute Gasteiger partial charge is 0.383 e. The Bertz CT molecular complexity index is 369. The number of thiazole rings is 1. The lowest BCUT2D eigenvalue weighted by atomic mass is 10.2. The average Bonchev–Trinajstić information content (AvgIpc) is 2.83. The van der Waals surface area contributed by atoms with Crippen LogP contribution in [0.2, 0.25) is 0 Å². The van der Waals surface area contributed by atoms with Crippen LogP contribution in [0.15, 0.2) is 5.38 Å². The van der Waals surface area contributed by atoms with Gasteiger partial charge >= 0.3 is 0 Å². The molecule has 0 aliphatic heterocycles. The highest BCUT2D eigenvalue weighted by Gasteiger charge is 2.13. The maximum absolute atomic E-state index is 11.5. The second-order valence-electron chi connectivity index (χ2n) is 3.92.